The fraction of sp³-hybridized carbons (Fsp3) is 0.364. The third-order valence-electron chi connectivity index (χ3n) is 4.72. The molecule has 2 atom stereocenters. The highest BCUT2D eigenvalue weighted by Crippen LogP contribution is 2.23. The molecule has 0 radical (unpaired) electrons. The molecule has 3 rings (SSSR count). The molecule has 1 saturated heterocycles. The van der Waals surface area contributed by atoms with Crippen molar-refractivity contribution in [1.82, 2.24) is 4.90 Å². The van der Waals surface area contributed by atoms with Gasteiger partial charge >= 0.3 is 0 Å². The fourth-order valence-corrected chi connectivity index (χ4v) is 3.76. The number of thiocarbonyl (C=S) groups is 1. The Labute approximate surface area is 181 Å². The number of hydrogen-bond acceptors (Lipinski definition) is 4. The van der Waals surface area contributed by atoms with E-state index in [0.717, 1.165) is 29.2 Å². The van der Waals surface area contributed by atoms with Crippen LogP contribution in [0.4, 0.5) is 5.69 Å². The Balaban J connectivity index is 1.54. The Morgan fingerprint density at radius 2 is 1.86 bits per heavy atom. The van der Waals surface area contributed by atoms with Gasteiger partial charge < -0.3 is 19.7 Å². The van der Waals surface area contributed by atoms with E-state index in [1.54, 1.807) is 12.1 Å². The summed E-state index contributed by atoms with van der Waals surface area (Å²) >= 11 is 11.7. The highest BCUT2D eigenvalue weighted by Gasteiger charge is 2.24. The number of morpholine rings is 1. The molecule has 2 aromatic rings. The van der Waals surface area contributed by atoms with E-state index in [-0.39, 0.29) is 24.7 Å². The van der Waals surface area contributed by atoms with Crippen LogP contribution in [0.5, 0.6) is 5.75 Å². The van der Waals surface area contributed by atoms with Crippen molar-refractivity contribution < 1.29 is 14.3 Å². The van der Waals surface area contributed by atoms with Crippen molar-refractivity contribution in [3.63, 3.8) is 0 Å². The summed E-state index contributed by atoms with van der Waals surface area (Å²) in [5.41, 5.74) is 2.46. The number of carbonyl (C=O) groups is 1. The quantitative estimate of drug-likeness (QED) is 0.707. The Kier molecular flexibility index (Phi) is 7.11. The second kappa shape index (κ2) is 9.57. The third-order valence-corrected chi connectivity index (χ3v) is 5.62. The SMILES string of the molecule is Cc1c(Cl)cccc1NC(=O)COc1ccc(C(=S)N2C[C@H](C)O[C@@H](C)C2)cc1. The predicted octanol–water partition coefficient (Wildman–Crippen LogP) is 4.45. The summed E-state index contributed by atoms with van der Waals surface area (Å²) in [5, 5.41) is 3.42. The molecule has 0 aromatic heterocycles. The summed E-state index contributed by atoms with van der Waals surface area (Å²) in [6, 6.07) is 12.9. The molecule has 7 heteroatoms. The maximum absolute atomic E-state index is 12.2. The lowest BCUT2D eigenvalue weighted by Crippen LogP contribution is -2.47. The molecule has 1 heterocycles. The molecule has 5 nitrogen and oxygen atoms in total. The minimum atomic E-state index is -0.244. The van der Waals surface area contributed by atoms with Crippen molar-refractivity contribution in [2.45, 2.75) is 33.0 Å². The second-order valence-electron chi connectivity index (χ2n) is 7.24. The summed E-state index contributed by atoms with van der Waals surface area (Å²) < 4.78 is 11.4. The van der Waals surface area contributed by atoms with Gasteiger partial charge in [0.05, 0.1) is 12.2 Å². The molecule has 0 bridgehead atoms. The van der Waals surface area contributed by atoms with Gasteiger partial charge in [-0.1, -0.05) is 29.9 Å². The van der Waals surface area contributed by atoms with Gasteiger partial charge in [0.15, 0.2) is 6.61 Å². The van der Waals surface area contributed by atoms with E-state index in [1.807, 2.05) is 37.3 Å². The summed E-state index contributed by atoms with van der Waals surface area (Å²) in [7, 11) is 0. The van der Waals surface area contributed by atoms with Gasteiger partial charge in [0.2, 0.25) is 0 Å². The van der Waals surface area contributed by atoms with Gasteiger partial charge in [0.1, 0.15) is 10.7 Å². The minimum absolute atomic E-state index is 0.0890. The Bertz CT molecular complexity index is 878. The summed E-state index contributed by atoms with van der Waals surface area (Å²) in [5.74, 6) is 0.365. The lowest BCUT2D eigenvalue weighted by molar-refractivity contribution is -0.118. The number of nitrogens with one attached hydrogen (secondary N) is 1. The third kappa shape index (κ3) is 5.69. The van der Waals surface area contributed by atoms with Crippen LogP contribution in [0.3, 0.4) is 0 Å². The first-order valence-corrected chi connectivity index (χ1v) is 10.3. The first-order chi connectivity index (χ1) is 13.8. The monoisotopic (exact) mass is 432 g/mol. The van der Waals surface area contributed by atoms with Crippen LogP contribution in [0.1, 0.15) is 25.0 Å². The van der Waals surface area contributed by atoms with E-state index < -0.39 is 0 Å². The van der Waals surface area contributed by atoms with Crippen LogP contribution in [0.25, 0.3) is 0 Å². The number of carbonyl (C=O) groups excluding carboxylic acids is 1. The highest BCUT2D eigenvalue weighted by molar-refractivity contribution is 7.80. The number of anilines is 1. The lowest BCUT2D eigenvalue weighted by atomic mass is 10.1. The number of amides is 1. The maximum atomic E-state index is 12.2. The number of benzene rings is 2. The van der Waals surface area contributed by atoms with Crippen LogP contribution in [0.2, 0.25) is 5.02 Å². The molecule has 1 aliphatic heterocycles. The first kappa shape index (κ1) is 21.6. The van der Waals surface area contributed by atoms with Crippen molar-refractivity contribution >= 4 is 40.4 Å². The Morgan fingerprint density at radius 3 is 2.52 bits per heavy atom. The van der Waals surface area contributed by atoms with E-state index in [9.17, 15) is 4.79 Å². The van der Waals surface area contributed by atoms with Crippen LogP contribution in [0, 0.1) is 6.92 Å². The van der Waals surface area contributed by atoms with Gasteiger partial charge in [0, 0.05) is 29.4 Å². The van der Waals surface area contributed by atoms with E-state index in [2.05, 4.69) is 24.1 Å². The smallest absolute Gasteiger partial charge is 0.262 e. The van der Waals surface area contributed by atoms with E-state index in [4.69, 9.17) is 33.3 Å². The zero-order chi connectivity index (χ0) is 21.0. The number of ether oxygens (including phenoxy) is 2. The van der Waals surface area contributed by atoms with Crippen LogP contribution in [0.15, 0.2) is 42.5 Å². The average Bonchev–Trinajstić information content (AvgIpc) is 2.69. The molecular weight excluding hydrogens is 408 g/mol. The average molecular weight is 433 g/mol. The minimum Gasteiger partial charge on any atom is -0.484 e. The molecule has 0 unspecified atom stereocenters. The molecule has 1 N–H and O–H groups in total. The van der Waals surface area contributed by atoms with Crippen LogP contribution >= 0.6 is 23.8 Å². The summed E-state index contributed by atoms with van der Waals surface area (Å²) in [4.78, 5) is 15.1. The number of hydrogen-bond donors (Lipinski definition) is 1. The summed E-state index contributed by atoms with van der Waals surface area (Å²) in [6.45, 7) is 7.44. The standard InChI is InChI=1S/C22H25ClN2O3S/c1-14-11-25(12-15(2)28-14)22(29)17-7-9-18(10-8-17)27-13-21(26)24-20-6-4-5-19(23)16(20)3/h4-10,14-15H,11-13H2,1-3H3,(H,24,26)/t14-,15-/m0/s1. The molecule has 2 aromatic carbocycles. The van der Waals surface area contributed by atoms with Crippen molar-refractivity contribution in [2.24, 2.45) is 0 Å². The zero-order valence-electron chi connectivity index (χ0n) is 16.8. The number of nitrogens with zero attached hydrogens (tertiary/aromatic N) is 1. The molecule has 1 amide bonds. The number of rotatable bonds is 5. The van der Waals surface area contributed by atoms with E-state index in [1.165, 1.54) is 0 Å². The lowest BCUT2D eigenvalue weighted by Gasteiger charge is -2.37. The molecular formula is C22H25ClN2O3S. The molecule has 0 aliphatic carbocycles. The maximum Gasteiger partial charge on any atom is 0.262 e. The van der Waals surface area contributed by atoms with Crippen LogP contribution in [-0.4, -0.2) is 47.7 Å². The molecule has 154 valence electrons. The van der Waals surface area contributed by atoms with Gasteiger partial charge in [-0.15, -0.1) is 0 Å². The Morgan fingerprint density at radius 1 is 1.21 bits per heavy atom. The normalized spacial score (nSPS) is 19.0. The second-order valence-corrected chi connectivity index (χ2v) is 8.03. The predicted molar refractivity (Wildman–Crippen MR) is 120 cm³/mol. The van der Waals surface area contributed by atoms with Gasteiger partial charge in [0.25, 0.3) is 5.91 Å². The van der Waals surface area contributed by atoms with Gasteiger partial charge in [-0.25, -0.2) is 0 Å². The molecule has 1 aliphatic rings. The van der Waals surface area contributed by atoms with Crippen LogP contribution in [-0.2, 0) is 9.53 Å². The first-order valence-electron chi connectivity index (χ1n) is 9.56. The van der Waals surface area contributed by atoms with Gasteiger partial charge in [-0.2, -0.15) is 0 Å². The van der Waals surface area contributed by atoms with Crippen molar-refractivity contribution in [3.05, 3.63) is 58.6 Å². The van der Waals surface area contributed by atoms with E-state index >= 15 is 0 Å². The van der Waals surface area contributed by atoms with Crippen molar-refractivity contribution in [1.29, 1.82) is 0 Å². The Hall–Kier alpha value is -2.15. The number of halogens is 1. The van der Waals surface area contributed by atoms with Crippen LogP contribution < -0.4 is 10.1 Å². The molecule has 29 heavy (non-hydrogen) atoms. The fourth-order valence-electron chi connectivity index (χ4n) is 3.30. The van der Waals surface area contributed by atoms with Crippen molar-refractivity contribution in [2.75, 3.05) is 25.0 Å². The van der Waals surface area contributed by atoms with Gasteiger partial charge in [-0.3, -0.25) is 4.79 Å². The summed E-state index contributed by atoms with van der Waals surface area (Å²) in [6.07, 6.45) is 0.307. The van der Waals surface area contributed by atoms with Crippen molar-refractivity contribution in [3.8, 4) is 5.75 Å². The molecule has 0 spiro atoms. The topological polar surface area (TPSA) is 50.8 Å². The van der Waals surface area contributed by atoms with Gasteiger partial charge in [-0.05, 0) is 62.7 Å². The zero-order valence-corrected chi connectivity index (χ0v) is 18.3. The highest BCUT2D eigenvalue weighted by atomic mass is 35.5. The molecule has 1 fully saturated rings. The molecule has 0 saturated carbocycles. The largest absolute Gasteiger partial charge is 0.484 e. The van der Waals surface area contributed by atoms with E-state index in [0.29, 0.717) is 16.5 Å².